The Morgan fingerprint density at radius 3 is 2.67 bits per heavy atom. The van der Waals surface area contributed by atoms with Crippen molar-refractivity contribution in [2.45, 2.75) is 25.8 Å². The van der Waals surface area contributed by atoms with Gasteiger partial charge in [0.1, 0.15) is 0 Å². The van der Waals surface area contributed by atoms with Gasteiger partial charge in [0, 0.05) is 0 Å². The topological polar surface area (TPSA) is 87.7 Å². The van der Waals surface area contributed by atoms with Gasteiger partial charge >= 0.3 is 0 Å². The number of nitrogens with two attached hydrogens (primary N) is 1. The molecular formula is C12H16ClN3O2. The number of amides is 1. The lowest BCUT2D eigenvalue weighted by Gasteiger charge is -2.28. The van der Waals surface area contributed by atoms with Crippen LogP contribution < -0.4 is 11.1 Å². The van der Waals surface area contributed by atoms with Crippen molar-refractivity contribution in [1.82, 2.24) is 5.32 Å². The number of hydrogen-bond donors (Lipinski definition) is 3. The van der Waals surface area contributed by atoms with Crippen molar-refractivity contribution in [2.24, 2.45) is 10.9 Å². The SMILES string of the molecule is CCC(C)(NC(=O)c1ccccc1Cl)/C(N)=N/O. The second kappa shape index (κ2) is 5.73. The average molecular weight is 270 g/mol. The van der Waals surface area contributed by atoms with Gasteiger partial charge in [-0.1, -0.05) is 35.8 Å². The highest BCUT2D eigenvalue weighted by atomic mass is 35.5. The van der Waals surface area contributed by atoms with Crippen LogP contribution in [0.4, 0.5) is 0 Å². The summed E-state index contributed by atoms with van der Waals surface area (Å²) in [6, 6.07) is 6.69. The summed E-state index contributed by atoms with van der Waals surface area (Å²) < 4.78 is 0. The lowest BCUT2D eigenvalue weighted by Crippen LogP contribution is -2.55. The van der Waals surface area contributed by atoms with Crippen molar-refractivity contribution in [3.63, 3.8) is 0 Å². The molecule has 18 heavy (non-hydrogen) atoms. The van der Waals surface area contributed by atoms with Gasteiger partial charge in [0.15, 0.2) is 5.84 Å². The Hall–Kier alpha value is -1.75. The van der Waals surface area contributed by atoms with Crippen LogP contribution in [0.2, 0.25) is 5.02 Å². The van der Waals surface area contributed by atoms with Gasteiger partial charge < -0.3 is 16.3 Å². The molecule has 0 fully saturated rings. The van der Waals surface area contributed by atoms with E-state index in [1.165, 1.54) is 0 Å². The minimum absolute atomic E-state index is 0.0506. The van der Waals surface area contributed by atoms with Crippen molar-refractivity contribution >= 4 is 23.3 Å². The molecule has 5 nitrogen and oxygen atoms in total. The predicted molar refractivity (Wildman–Crippen MR) is 71.0 cm³/mol. The lowest BCUT2D eigenvalue weighted by molar-refractivity contribution is 0.0925. The number of halogens is 1. The van der Waals surface area contributed by atoms with Crippen molar-refractivity contribution in [2.75, 3.05) is 0 Å². The van der Waals surface area contributed by atoms with Crippen LogP contribution in [0.1, 0.15) is 30.6 Å². The molecule has 0 radical (unpaired) electrons. The maximum atomic E-state index is 12.1. The molecule has 4 N–H and O–H groups in total. The summed E-state index contributed by atoms with van der Waals surface area (Å²) >= 11 is 5.93. The first kappa shape index (κ1) is 14.3. The van der Waals surface area contributed by atoms with Crippen LogP contribution in [0.25, 0.3) is 0 Å². The molecule has 0 saturated carbocycles. The minimum atomic E-state index is -0.912. The largest absolute Gasteiger partial charge is 0.409 e. The molecular weight excluding hydrogens is 254 g/mol. The molecule has 0 saturated heterocycles. The molecule has 0 spiro atoms. The molecule has 1 unspecified atom stereocenters. The first-order valence-electron chi connectivity index (χ1n) is 5.49. The third-order valence-electron chi connectivity index (χ3n) is 2.89. The molecule has 1 aromatic rings. The number of rotatable bonds is 4. The van der Waals surface area contributed by atoms with Crippen LogP contribution in [-0.2, 0) is 0 Å². The maximum Gasteiger partial charge on any atom is 0.253 e. The van der Waals surface area contributed by atoms with E-state index in [1.807, 2.05) is 6.92 Å². The van der Waals surface area contributed by atoms with Crippen molar-refractivity contribution < 1.29 is 10.0 Å². The van der Waals surface area contributed by atoms with Gasteiger partial charge in [0.05, 0.1) is 16.1 Å². The van der Waals surface area contributed by atoms with Gasteiger partial charge in [-0.3, -0.25) is 4.79 Å². The van der Waals surface area contributed by atoms with Crippen molar-refractivity contribution in [3.05, 3.63) is 34.9 Å². The highest BCUT2D eigenvalue weighted by molar-refractivity contribution is 6.33. The number of nitrogens with zero attached hydrogens (tertiary/aromatic N) is 1. The summed E-state index contributed by atoms with van der Waals surface area (Å²) in [7, 11) is 0. The zero-order chi connectivity index (χ0) is 13.8. The number of nitrogens with one attached hydrogen (secondary N) is 1. The standard InChI is InChI=1S/C12H16ClN3O2/c1-3-12(2,11(14)16-18)15-10(17)8-6-4-5-7-9(8)13/h4-7,18H,3H2,1-2H3,(H2,14,16)(H,15,17). The quantitative estimate of drug-likeness (QED) is 0.338. The van der Waals surface area contributed by atoms with Crippen LogP contribution in [-0.4, -0.2) is 22.5 Å². The van der Waals surface area contributed by atoms with Crippen LogP contribution in [0.3, 0.4) is 0 Å². The molecule has 1 rings (SSSR count). The molecule has 0 aliphatic heterocycles. The van der Waals surface area contributed by atoms with Gasteiger partial charge in [0.2, 0.25) is 0 Å². The lowest BCUT2D eigenvalue weighted by atomic mass is 9.97. The van der Waals surface area contributed by atoms with E-state index in [0.717, 1.165) is 0 Å². The molecule has 0 bridgehead atoms. The maximum absolute atomic E-state index is 12.1. The minimum Gasteiger partial charge on any atom is -0.409 e. The highest BCUT2D eigenvalue weighted by Crippen LogP contribution is 2.17. The second-order valence-electron chi connectivity index (χ2n) is 4.10. The van der Waals surface area contributed by atoms with Gasteiger partial charge in [-0.2, -0.15) is 0 Å². The van der Waals surface area contributed by atoms with E-state index in [4.69, 9.17) is 22.5 Å². The first-order valence-corrected chi connectivity index (χ1v) is 5.87. The second-order valence-corrected chi connectivity index (χ2v) is 4.51. The molecule has 6 heteroatoms. The highest BCUT2D eigenvalue weighted by Gasteiger charge is 2.30. The van der Waals surface area contributed by atoms with E-state index in [-0.39, 0.29) is 11.7 Å². The predicted octanol–water partition coefficient (Wildman–Crippen LogP) is 1.98. The molecule has 0 aromatic heterocycles. The molecule has 98 valence electrons. The summed E-state index contributed by atoms with van der Waals surface area (Å²) in [4.78, 5) is 12.1. The van der Waals surface area contributed by atoms with Gasteiger partial charge in [-0.15, -0.1) is 0 Å². The normalized spacial score (nSPS) is 14.9. The molecule has 0 aliphatic carbocycles. The van der Waals surface area contributed by atoms with Gasteiger partial charge in [-0.25, -0.2) is 0 Å². The van der Waals surface area contributed by atoms with Crippen LogP contribution in [0, 0.1) is 0 Å². The van der Waals surface area contributed by atoms with Crippen molar-refractivity contribution in [3.8, 4) is 0 Å². The fourth-order valence-electron chi connectivity index (χ4n) is 1.41. The Morgan fingerprint density at radius 1 is 1.56 bits per heavy atom. The number of amidine groups is 1. The summed E-state index contributed by atoms with van der Waals surface area (Å²) in [5.74, 6) is -0.415. The molecule has 1 aromatic carbocycles. The van der Waals surface area contributed by atoms with Crippen LogP contribution in [0.15, 0.2) is 29.4 Å². The molecule has 1 atom stereocenters. The molecule has 1 amide bonds. The third kappa shape index (κ3) is 2.92. The third-order valence-corrected chi connectivity index (χ3v) is 3.22. The van der Waals surface area contributed by atoms with Gasteiger partial charge in [0.25, 0.3) is 5.91 Å². The summed E-state index contributed by atoms with van der Waals surface area (Å²) in [6.07, 6.45) is 0.485. The van der Waals surface area contributed by atoms with E-state index in [1.54, 1.807) is 31.2 Å². The fraction of sp³-hybridized carbons (Fsp3) is 0.333. The number of benzene rings is 1. The zero-order valence-corrected chi connectivity index (χ0v) is 11.0. The van der Waals surface area contributed by atoms with E-state index in [0.29, 0.717) is 17.0 Å². The monoisotopic (exact) mass is 269 g/mol. The number of hydrogen-bond acceptors (Lipinski definition) is 3. The van der Waals surface area contributed by atoms with E-state index in [9.17, 15) is 4.79 Å². The smallest absolute Gasteiger partial charge is 0.253 e. The average Bonchev–Trinajstić information content (AvgIpc) is 2.37. The zero-order valence-electron chi connectivity index (χ0n) is 10.3. The summed E-state index contributed by atoms with van der Waals surface area (Å²) in [5, 5.41) is 14.7. The van der Waals surface area contributed by atoms with E-state index < -0.39 is 5.54 Å². The molecule has 0 aliphatic rings. The number of carbonyl (C=O) groups is 1. The Labute approximate surface area is 111 Å². The Morgan fingerprint density at radius 2 is 2.17 bits per heavy atom. The summed E-state index contributed by atoms with van der Waals surface area (Å²) in [5.41, 5.74) is 5.02. The number of carbonyl (C=O) groups excluding carboxylic acids is 1. The number of oxime groups is 1. The van der Waals surface area contributed by atoms with E-state index >= 15 is 0 Å². The summed E-state index contributed by atoms with van der Waals surface area (Å²) in [6.45, 7) is 3.50. The Bertz CT molecular complexity index is 476. The van der Waals surface area contributed by atoms with Crippen LogP contribution >= 0.6 is 11.6 Å². The van der Waals surface area contributed by atoms with Gasteiger partial charge in [-0.05, 0) is 25.5 Å². The fourth-order valence-corrected chi connectivity index (χ4v) is 1.63. The first-order chi connectivity index (χ1) is 8.44. The Kier molecular flexibility index (Phi) is 4.55. The van der Waals surface area contributed by atoms with Crippen molar-refractivity contribution in [1.29, 1.82) is 0 Å². The Balaban J connectivity index is 2.97. The van der Waals surface area contributed by atoms with E-state index in [2.05, 4.69) is 10.5 Å². The molecule has 0 heterocycles. The van der Waals surface area contributed by atoms with Crippen LogP contribution in [0.5, 0.6) is 0 Å².